The van der Waals surface area contributed by atoms with E-state index < -0.39 is 10.8 Å². The standard InChI is InChI=1S/C11H13Cl2N3O3/c1-15(2)4-3-14-11(17)8-5-7(16(18)19)6-9(12)10(8)13/h5-6H,3-4H2,1-2H3,(H,14,17). The fourth-order valence-corrected chi connectivity index (χ4v) is 1.74. The number of non-ortho nitro benzene ring substituents is 1. The molecule has 8 heteroatoms. The van der Waals surface area contributed by atoms with Crippen LogP contribution in [0.3, 0.4) is 0 Å². The van der Waals surface area contributed by atoms with Crippen LogP contribution in [-0.4, -0.2) is 42.9 Å². The largest absolute Gasteiger partial charge is 0.351 e. The number of nitro benzene ring substituents is 1. The molecule has 0 atom stereocenters. The summed E-state index contributed by atoms with van der Waals surface area (Å²) in [5, 5.41) is 13.3. The predicted octanol–water partition coefficient (Wildman–Crippen LogP) is 2.19. The molecular weight excluding hydrogens is 293 g/mol. The average molecular weight is 306 g/mol. The normalized spacial score (nSPS) is 10.6. The molecular formula is C11H13Cl2N3O3. The second kappa shape index (κ2) is 6.70. The Balaban J connectivity index is 2.92. The number of hydrogen-bond acceptors (Lipinski definition) is 4. The van der Waals surface area contributed by atoms with Crippen LogP contribution in [0.15, 0.2) is 12.1 Å². The molecule has 1 amide bonds. The Kier molecular flexibility index (Phi) is 5.53. The molecule has 0 radical (unpaired) electrons. The fraction of sp³-hybridized carbons (Fsp3) is 0.364. The molecule has 6 nitrogen and oxygen atoms in total. The first kappa shape index (κ1) is 15.7. The van der Waals surface area contributed by atoms with Crippen molar-refractivity contribution in [2.45, 2.75) is 0 Å². The molecule has 1 rings (SSSR count). The number of carbonyl (C=O) groups is 1. The molecule has 0 bridgehead atoms. The molecule has 0 aliphatic rings. The highest BCUT2D eigenvalue weighted by Gasteiger charge is 2.19. The van der Waals surface area contributed by atoms with Crippen LogP contribution in [0, 0.1) is 10.1 Å². The Morgan fingerprint density at radius 1 is 1.42 bits per heavy atom. The summed E-state index contributed by atoms with van der Waals surface area (Å²) in [4.78, 5) is 23.9. The average Bonchev–Trinajstić information content (AvgIpc) is 2.31. The molecule has 0 aliphatic carbocycles. The lowest BCUT2D eigenvalue weighted by Crippen LogP contribution is -2.31. The van der Waals surface area contributed by atoms with Gasteiger partial charge < -0.3 is 10.2 Å². The molecule has 0 aliphatic heterocycles. The van der Waals surface area contributed by atoms with E-state index in [0.29, 0.717) is 13.1 Å². The van der Waals surface area contributed by atoms with Crippen LogP contribution < -0.4 is 5.32 Å². The second-order valence-corrected chi connectivity index (χ2v) is 4.89. The van der Waals surface area contributed by atoms with Crippen LogP contribution in [0.2, 0.25) is 10.0 Å². The highest BCUT2D eigenvalue weighted by molar-refractivity contribution is 6.44. The van der Waals surface area contributed by atoms with Crippen molar-refractivity contribution in [3.8, 4) is 0 Å². The molecule has 0 unspecified atom stereocenters. The lowest BCUT2D eigenvalue weighted by molar-refractivity contribution is -0.384. The summed E-state index contributed by atoms with van der Waals surface area (Å²) in [5.41, 5.74) is -0.271. The summed E-state index contributed by atoms with van der Waals surface area (Å²) in [5.74, 6) is -0.488. The summed E-state index contributed by atoms with van der Waals surface area (Å²) in [6, 6.07) is 2.22. The van der Waals surface area contributed by atoms with Crippen molar-refractivity contribution >= 4 is 34.8 Å². The van der Waals surface area contributed by atoms with E-state index in [0.717, 1.165) is 12.1 Å². The maximum atomic E-state index is 11.9. The van der Waals surface area contributed by atoms with Crippen molar-refractivity contribution in [3.63, 3.8) is 0 Å². The summed E-state index contributed by atoms with van der Waals surface area (Å²) < 4.78 is 0. The van der Waals surface area contributed by atoms with Gasteiger partial charge in [-0.1, -0.05) is 23.2 Å². The Labute approximate surface area is 120 Å². The maximum Gasteiger partial charge on any atom is 0.271 e. The third-order valence-corrected chi connectivity index (χ3v) is 3.12. The molecule has 0 spiro atoms. The van der Waals surface area contributed by atoms with Crippen molar-refractivity contribution in [1.82, 2.24) is 10.2 Å². The van der Waals surface area contributed by atoms with Gasteiger partial charge in [0, 0.05) is 25.2 Å². The van der Waals surface area contributed by atoms with Gasteiger partial charge >= 0.3 is 0 Å². The molecule has 0 fully saturated rings. The second-order valence-electron chi connectivity index (χ2n) is 4.11. The Hall–Kier alpha value is -1.37. The van der Waals surface area contributed by atoms with Gasteiger partial charge in [0.05, 0.1) is 20.5 Å². The maximum absolute atomic E-state index is 11.9. The first-order valence-corrected chi connectivity index (χ1v) is 6.15. The first-order valence-electron chi connectivity index (χ1n) is 5.39. The monoisotopic (exact) mass is 305 g/mol. The zero-order valence-corrected chi connectivity index (χ0v) is 12.0. The molecule has 0 saturated heterocycles. The van der Waals surface area contributed by atoms with Gasteiger partial charge in [-0.3, -0.25) is 14.9 Å². The van der Waals surface area contributed by atoms with E-state index in [2.05, 4.69) is 5.32 Å². The van der Waals surface area contributed by atoms with Gasteiger partial charge in [-0.15, -0.1) is 0 Å². The number of nitrogens with zero attached hydrogens (tertiary/aromatic N) is 2. The van der Waals surface area contributed by atoms with Crippen LogP contribution >= 0.6 is 23.2 Å². The van der Waals surface area contributed by atoms with Crippen LogP contribution in [0.5, 0.6) is 0 Å². The van der Waals surface area contributed by atoms with Crippen molar-refractivity contribution in [1.29, 1.82) is 0 Å². The van der Waals surface area contributed by atoms with Crippen molar-refractivity contribution in [3.05, 3.63) is 37.9 Å². The van der Waals surface area contributed by atoms with Gasteiger partial charge in [-0.2, -0.15) is 0 Å². The van der Waals surface area contributed by atoms with Gasteiger partial charge in [-0.05, 0) is 14.1 Å². The van der Waals surface area contributed by atoms with Gasteiger partial charge in [0.1, 0.15) is 0 Å². The molecule has 19 heavy (non-hydrogen) atoms. The number of halogens is 2. The first-order chi connectivity index (χ1) is 8.82. The molecule has 1 N–H and O–H groups in total. The van der Waals surface area contributed by atoms with E-state index in [1.165, 1.54) is 0 Å². The topological polar surface area (TPSA) is 75.5 Å². The van der Waals surface area contributed by atoms with Gasteiger partial charge in [0.15, 0.2) is 0 Å². The van der Waals surface area contributed by atoms with Gasteiger partial charge in [0.2, 0.25) is 0 Å². The number of likely N-dealkylation sites (N-methyl/N-ethyl adjacent to an activating group) is 1. The zero-order valence-electron chi connectivity index (χ0n) is 10.4. The minimum atomic E-state index is -0.626. The minimum Gasteiger partial charge on any atom is -0.351 e. The predicted molar refractivity (Wildman–Crippen MR) is 74.0 cm³/mol. The fourth-order valence-electron chi connectivity index (χ4n) is 1.33. The highest BCUT2D eigenvalue weighted by Crippen LogP contribution is 2.30. The minimum absolute atomic E-state index is 0.000349. The molecule has 0 aromatic heterocycles. The lowest BCUT2D eigenvalue weighted by atomic mass is 10.2. The van der Waals surface area contributed by atoms with E-state index in [1.54, 1.807) is 0 Å². The highest BCUT2D eigenvalue weighted by atomic mass is 35.5. The van der Waals surface area contributed by atoms with Crippen LogP contribution in [0.25, 0.3) is 0 Å². The van der Waals surface area contributed by atoms with Crippen molar-refractivity contribution < 1.29 is 9.72 Å². The number of nitro groups is 1. The molecule has 0 saturated carbocycles. The van der Waals surface area contributed by atoms with Gasteiger partial charge in [-0.25, -0.2) is 0 Å². The van der Waals surface area contributed by atoms with Crippen molar-refractivity contribution in [2.24, 2.45) is 0 Å². The molecule has 104 valence electrons. The van der Waals surface area contributed by atoms with Crippen LogP contribution in [0.4, 0.5) is 5.69 Å². The summed E-state index contributed by atoms with van der Waals surface area (Å²) >= 11 is 11.6. The molecule has 1 aromatic carbocycles. The lowest BCUT2D eigenvalue weighted by Gasteiger charge is -2.11. The third kappa shape index (κ3) is 4.34. The Morgan fingerprint density at radius 3 is 2.58 bits per heavy atom. The van der Waals surface area contributed by atoms with Gasteiger partial charge in [0.25, 0.3) is 11.6 Å². The summed E-state index contributed by atoms with van der Waals surface area (Å²) in [7, 11) is 3.73. The Morgan fingerprint density at radius 2 is 2.05 bits per heavy atom. The number of carbonyl (C=O) groups excluding carboxylic acids is 1. The number of benzene rings is 1. The summed E-state index contributed by atoms with van der Waals surface area (Å²) in [6.07, 6.45) is 0. The smallest absolute Gasteiger partial charge is 0.271 e. The third-order valence-electron chi connectivity index (χ3n) is 2.31. The quantitative estimate of drug-likeness (QED) is 0.668. The molecule has 1 aromatic rings. The van der Waals surface area contributed by atoms with E-state index in [1.807, 2.05) is 19.0 Å². The van der Waals surface area contributed by atoms with E-state index in [-0.39, 0.29) is 21.3 Å². The molecule has 0 heterocycles. The SMILES string of the molecule is CN(C)CCNC(=O)c1cc([N+](=O)[O-])cc(Cl)c1Cl. The van der Waals surface area contributed by atoms with Crippen molar-refractivity contribution in [2.75, 3.05) is 27.2 Å². The van der Waals surface area contributed by atoms with E-state index in [9.17, 15) is 14.9 Å². The number of rotatable bonds is 5. The Bertz CT molecular complexity index is 506. The number of nitrogens with one attached hydrogen (secondary N) is 1. The van der Waals surface area contributed by atoms with Crippen LogP contribution in [-0.2, 0) is 0 Å². The van der Waals surface area contributed by atoms with Crippen LogP contribution in [0.1, 0.15) is 10.4 Å². The van der Waals surface area contributed by atoms with E-state index >= 15 is 0 Å². The van der Waals surface area contributed by atoms with E-state index in [4.69, 9.17) is 23.2 Å². The number of amides is 1. The summed E-state index contributed by atoms with van der Waals surface area (Å²) in [6.45, 7) is 1.05. The number of hydrogen-bond donors (Lipinski definition) is 1. The zero-order chi connectivity index (χ0) is 14.6.